The van der Waals surface area contributed by atoms with Crippen molar-refractivity contribution in [1.29, 1.82) is 0 Å². The monoisotopic (exact) mass is 302 g/mol. The molecule has 17 heavy (non-hydrogen) atoms. The van der Waals surface area contributed by atoms with Gasteiger partial charge in [0, 0.05) is 21.6 Å². The average molecular weight is 303 g/mol. The van der Waals surface area contributed by atoms with Crippen molar-refractivity contribution in [2.45, 2.75) is 31.8 Å². The van der Waals surface area contributed by atoms with Gasteiger partial charge in [-0.1, -0.05) is 15.9 Å². The Morgan fingerprint density at radius 1 is 1.41 bits per heavy atom. The molecule has 0 aliphatic rings. The van der Waals surface area contributed by atoms with E-state index in [1.165, 1.54) is 6.07 Å². The molecule has 0 spiro atoms. The second-order valence-corrected chi connectivity index (χ2v) is 6.25. The molecule has 0 heterocycles. The third-order valence-corrected chi connectivity index (χ3v) is 3.15. The lowest BCUT2D eigenvalue weighted by Gasteiger charge is -2.31. The number of nitrogens with two attached hydrogens (primary N) is 1. The molecule has 1 aromatic carbocycles. The molecule has 0 aliphatic heterocycles. The highest BCUT2D eigenvalue weighted by Gasteiger charge is 2.24. The fourth-order valence-electron chi connectivity index (χ4n) is 1.84. The second-order valence-electron chi connectivity index (χ2n) is 5.34. The van der Waals surface area contributed by atoms with Gasteiger partial charge in [-0.25, -0.2) is 4.39 Å². The molecular formula is C13H20BrFN2. The lowest BCUT2D eigenvalue weighted by Crippen LogP contribution is -2.37. The van der Waals surface area contributed by atoms with Crippen molar-refractivity contribution in [3.63, 3.8) is 0 Å². The Morgan fingerprint density at radius 3 is 2.47 bits per heavy atom. The fraction of sp³-hybridized carbons (Fsp3) is 0.538. The topological polar surface area (TPSA) is 29.3 Å². The van der Waals surface area contributed by atoms with Crippen LogP contribution in [0, 0.1) is 5.82 Å². The zero-order valence-electron chi connectivity index (χ0n) is 10.8. The van der Waals surface area contributed by atoms with Crippen LogP contribution >= 0.6 is 15.9 Å². The van der Waals surface area contributed by atoms with Crippen molar-refractivity contribution in [2.75, 3.05) is 14.1 Å². The van der Waals surface area contributed by atoms with E-state index in [1.54, 1.807) is 6.07 Å². The molecule has 0 bridgehead atoms. The first-order valence-electron chi connectivity index (χ1n) is 5.61. The number of rotatable bonds is 4. The van der Waals surface area contributed by atoms with Gasteiger partial charge in [0.05, 0.1) is 0 Å². The van der Waals surface area contributed by atoms with Crippen molar-refractivity contribution in [2.24, 2.45) is 5.73 Å². The van der Waals surface area contributed by atoms with Gasteiger partial charge in [0.15, 0.2) is 0 Å². The van der Waals surface area contributed by atoms with Gasteiger partial charge in [-0.2, -0.15) is 0 Å². The summed E-state index contributed by atoms with van der Waals surface area (Å²) in [6.45, 7) is 3.92. The van der Waals surface area contributed by atoms with E-state index in [2.05, 4.69) is 15.9 Å². The van der Waals surface area contributed by atoms with Crippen LogP contribution in [0.4, 0.5) is 4.39 Å². The van der Waals surface area contributed by atoms with E-state index in [1.807, 2.05) is 38.9 Å². The van der Waals surface area contributed by atoms with Crippen LogP contribution in [0.15, 0.2) is 22.7 Å². The van der Waals surface area contributed by atoms with Crippen molar-refractivity contribution < 1.29 is 4.39 Å². The van der Waals surface area contributed by atoms with Gasteiger partial charge in [-0.15, -0.1) is 0 Å². The van der Waals surface area contributed by atoms with Gasteiger partial charge in [0.1, 0.15) is 5.82 Å². The van der Waals surface area contributed by atoms with E-state index in [0.717, 1.165) is 4.47 Å². The van der Waals surface area contributed by atoms with E-state index in [9.17, 15) is 4.39 Å². The summed E-state index contributed by atoms with van der Waals surface area (Å²) in [6.07, 6.45) is 0.702. The minimum absolute atomic E-state index is 0.0208. The maximum atomic E-state index is 13.9. The molecule has 4 heteroatoms. The summed E-state index contributed by atoms with van der Waals surface area (Å²) in [5.74, 6) is -0.184. The lowest BCUT2D eigenvalue weighted by atomic mass is 9.91. The first-order valence-corrected chi connectivity index (χ1v) is 6.40. The average Bonchev–Trinajstić information content (AvgIpc) is 2.17. The van der Waals surface area contributed by atoms with Crippen LogP contribution in [-0.4, -0.2) is 24.5 Å². The van der Waals surface area contributed by atoms with Crippen LogP contribution < -0.4 is 5.73 Å². The van der Waals surface area contributed by atoms with E-state index in [-0.39, 0.29) is 17.4 Å². The van der Waals surface area contributed by atoms with Crippen molar-refractivity contribution in [1.82, 2.24) is 4.90 Å². The van der Waals surface area contributed by atoms with Crippen LogP contribution in [-0.2, 0) is 0 Å². The highest BCUT2D eigenvalue weighted by molar-refractivity contribution is 9.10. The first-order chi connectivity index (χ1) is 7.70. The predicted octanol–water partition coefficient (Wildman–Crippen LogP) is 3.32. The lowest BCUT2D eigenvalue weighted by molar-refractivity contribution is 0.237. The number of hydrogen-bond acceptors (Lipinski definition) is 2. The highest BCUT2D eigenvalue weighted by atomic mass is 79.9. The molecule has 1 rings (SSSR count). The molecule has 0 saturated carbocycles. The molecule has 1 aromatic rings. The molecule has 1 atom stereocenters. The van der Waals surface area contributed by atoms with Crippen LogP contribution in [0.5, 0.6) is 0 Å². The largest absolute Gasteiger partial charge is 0.325 e. The quantitative estimate of drug-likeness (QED) is 0.924. The standard InChI is InChI=1S/C13H20BrFN2/c1-13(2,16)8-12(17(3)4)10-7-9(14)5-6-11(10)15/h5-7,12H,8,16H2,1-4H3. The van der Waals surface area contributed by atoms with Gasteiger partial charge in [-0.3, -0.25) is 0 Å². The molecule has 0 aromatic heterocycles. The molecule has 0 saturated heterocycles. The zero-order valence-corrected chi connectivity index (χ0v) is 12.4. The predicted molar refractivity (Wildman–Crippen MR) is 73.4 cm³/mol. The van der Waals surface area contributed by atoms with Gasteiger partial charge in [-0.05, 0) is 52.6 Å². The fourth-order valence-corrected chi connectivity index (χ4v) is 2.22. The highest BCUT2D eigenvalue weighted by Crippen LogP contribution is 2.30. The smallest absolute Gasteiger partial charge is 0.128 e. The Balaban J connectivity index is 3.10. The Morgan fingerprint density at radius 2 is 2.00 bits per heavy atom. The summed E-state index contributed by atoms with van der Waals surface area (Å²) < 4.78 is 14.8. The zero-order chi connectivity index (χ0) is 13.2. The number of halogens is 2. The molecule has 2 nitrogen and oxygen atoms in total. The number of benzene rings is 1. The van der Waals surface area contributed by atoms with Crippen LogP contribution in [0.25, 0.3) is 0 Å². The molecule has 0 amide bonds. The molecule has 0 radical (unpaired) electrons. The Kier molecular flexibility index (Phi) is 4.69. The summed E-state index contributed by atoms with van der Waals surface area (Å²) in [7, 11) is 3.88. The summed E-state index contributed by atoms with van der Waals surface area (Å²) in [5.41, 5.74) is 6.39. The normalized spacial score (nSPS) is 14.1. The summed E-state index contributed by atoms with van der Waals surface area (Å²) in [4.78, 5) is 2.00. The third-order valence-electron chi connectivity index (χ3n) is 2.66. The van der Waals surface area contributed by atoms with Gasteiger partial charge < -0.3 is 10.6 Å². The molecule has 96 valence electrons. The van der Waals surface area contributed by atoms with Crippen molar-refractivity contribution in [3.8, 4) is 0 Å². The van der Waals surface area contributed by atoms with E-state index in [0.29, 0.717) is 12.0 Å². The van der Waals surface area contributed by atoms with Crippen LogP contribution in [0.3, 0.4) is 0 Å². The van der Waals surface area contributed by atoms with Crippen LogP contribution in [0.1, 0.15) is 31.9 Å². The molecule has 1 unspecified atom stereocenters. The number of hydrogen-bond donors (Lipinski definition) is 1. The molecule has 0 fully saturated rings. The molecule has 0 aliphatic carbocycles. The maximum absolute atomic E-state index is 13.9. The maximum Gasteiger partial charge on any atom is 0.128 e. The first kappa shape index (κ1) is 14.6. The van der Waals surface area contributed by atoms with Gasteiger partial charge in [0.25, 0.3) is 0 Å². The van der Waals surface area contributed by atoms with E-state index in [4.69, 9.17) is 5.73 Å². The summed E-state index contributed by atoms with van der Waals surface area (Å²) in [5, 5.41) is 0. The van der Waals surface area contributed by atoms with Crippen molar-refractivity contribution in [3.05, 3.63) is 34.1 Å². The summed E-state index contributed by atoms with van der Waals surface area (Å²) >= 11 is 3.38. The van der Waals surface area contributed by atoms with Crippen molar-refractivity contribution >= 4 is 15.9 Å². The molecular weight excluding hydrogens is 283 g/mol. The minimum Gasteiger partial charge on any atom is -0.325 e. The summed E-state index contributed by atoms with van der Waals surface area (Å²) in [6, 6.07) is 5.00. The number of nitrogens with zero attached hydrogens (tertiary/aromatic N) is 1. The molecule has 2 N–H and O–H groups in total. The Hall–Kier alpha value is -0.450. The van der Waals surface area contributed by atoms with Crippen LogP contribution in [0.2, 0.25) is 0 Å². The van der Waals surface area contributed by atoms with Gasteiger partial charge in [0.2, 0.25) is 0 Å². The van der Waals surface area contributed by atoms with Gasteiger partial charge >= 0.3 is 0 Å². The van der Waals surface area contributed by atoms with E-state index < -0.39 is 0 Å². The SMILES string of the molecule is CN(C)C(CC(C)(C)N)c1cc(Br)ccc1F. The Bertz CT molecular complexity index is 385. The van der Waals surface area contributed by atoms with E-state index >= 15 is 0 Å². The Labute approximate surface area is 111 Å². The third kappa shape index (κ3) is 4.37. The minimum atomic E-state index is -0.330. The second kappa shape index (κ2) is 5.46.